The molecule has 3 aromatic carbocycles. The fraction of sp³-hybridized carbons (Fsp3) is 0.208. The van der Waals surface area contributed by atoms with Crippen LogP contribution in [0.3, 0.4) is 0 Å². The molecule has 3 rings (SSSR count). The molecule has 1 atom stereocenters. The third-order valence-corrected chi connectivity index (χ3v) is 6.07. The molecule has 29 heavy (non-hydrogen) atoms. The summed E-state index contributed by atoms with van der Waals surface area (Å²) < 4.78 is 23.2. The Kier molecular flexibility index (Phi) is 6.49. The summed E-state index contributed by atoms with van der Waals surface area (Å²) in [6.07, 6.45) is 2.83. The number of rotatable bonds is 7. The summed E-state index contributed by atoms with van der Waals surface area (Å²) in [4.78, 5) is 13.1. The predicted octanol–water partition coefficient (Wildman–Crippen LogP) is 4.37. The lowest BCUT2D eigenvalue weighted by atomic mass is 9.99. The highest BCUT2D eigenvalue weighted by atomic mass is 32.2. The van der Waals surface area contributed by atoms with Crippen LogP contribution in [0.15, 0.2) is 83.8 Å². The fourth-order valence-electron chi connectivity index (χ4n) is 3.24. The van der Waals surface area contributed by atoms with Gasteiger partial charge in [-0.05, 0) is 54.7 Å². The highest BCUT2D eigenvalue weighted by Crippen LogP contribution is 2.18. The van der Waals surface area contributed by atoms with Gasteiger partial charge in [-0.3, -0.25) is 4.79 Å². The van der Waals surface area contributed by atoms with Crippen LogP contribution in [0.4, 0.5) is 0 Å². The molecule has 0 aliphatic rings. The molecule has 0 aliphatic heterocycles. The van der Waals surface area contributed by atoms with Crippen LogP contribution in [0.1, 0.15) is 40.0 Å². The van der Waals surface area contributed by atoms with Crippen LogP contribution < -0.4 is 5.32 Å². The summed E-state index contributed by atoms with van der Waals surface area (Å²) in [5, 5.41) is 3.02. The van der Waals surface area contributed by atoms with E-state index in [0.717, 1.165) is 24.0 Å². The van der Waals surface area contributed by atoms with E-state index in [2.05, 4.69) is 17.4 Å². The van der Waals surface area contributed by atoms with E-state index in [0.29, 0.717) is 5.56 Å². The summed E-state index contributed by atoms with van der Waals surface area (Å²) in [5.74, 6) is -0.131. The number of benzene rings is 3. The van der Waals surface area contributed by atoms with Crippen molar-refractivity contribution in [2.75, 3.05) is 6.26 Å². The van der Waals surface area contributed by atoms with Crippen LogP contribution in [-0.4, -0.2) is 20.6 Å². The van der Waals surface area contributed by atoms with Gasteiger partial charge in [0.15, 0.2) is 9.84 Å². The second kappa shape index (κ2) is 9.05. The van der Waals surface area contributed by atoms with Gasteiger partial charge in [-0.2, -0.15) is 0 Å². The van der Waals surface area contributed by atoms with E-state index in [-0.39, 0.29) is 16.8 Å². The smallest absolute Gasteiger partial charge is 0.252 e. The Morgan fingerprint density at radius 3 is 2.14 bits per heavy atom. The summed E-state index contributed by atoms with van der Waals surface area (Å²) in [5.41, 5.74) is 3.77. The van der Waals surface area contributed by atoms with Crippen molar-refractivity contribution in [3.8, 4) is 0 Å². The average Bonchev–Trinajstić information content (AvgIpc) is 2.72. The van der Waals surface area contributed by atoms with Crippen molar-refractivity contribution in [2.24, 2.45) is 0 Å². The van der Waals surface area contributed by atoms with Gasteiger partial charge in [-0.1, -0.05) is 60.7 Å². The van der Waals surface area contributed by atoms with Crippen LogP contribution in [0.5, 0.6) is 0 Å². The highest BCUT2D eigenvalue weighted by molar-refractivity contribution is 7.90. The second-order valence-corrected chi connectivity index (χ2v) is 9.19. The first-order valence-corrected chi connectivity index (χ1v) is 11.5. The van der Waals surface area contributed by atoms with Gasteiger partial charge in [-0.15, -0.1) is 0 Å². The van der Waals surface area contributed by atoms with Crippen molar-refractivity contribution < 1.29 is 13.2 Å². The Balaban J connectivity index is 1.70. The molecule has 1 unspecified atom stereocenters. The van der Waals surface area contributed by atoms with E-state index in [1.807, 2.05) is 49.4 Å². The van der Waals surface area contributed by atoms with Crippen molar-refractivity contribution in [3.05, 3.63) is 101 Å². The molecule has 0 bridgehead atoms. The first kappa shape index (κ1) is 20.8. The molecule has 0 spiro atoms. The number of sulfone groups is 1. The topological polar surface area (TPSA) is 63.2 Å². The van der Waals surface area contributed by atoms with Gasteiger partial charge in [0.25, 0.3) is 5.91 Å². The zero-order valence-electron chi connectivity index (χ0n) is 16.6. The van der Waals surface area contributed by atoms with Crippen molar-refractivity contribution >= 4 is 15.7 Å². The largest absolute Gasteiger partial charge is 0.346 e. The molecule has 4 nitrogen and oxygen atoms in total. The zero-order chi connectivity index (χ0) is 20.9. The molecule has 0 heterocycles. The van der Waals surface area contributed by atoms with Gasteiger partial charge in [-0.25, -0.2) is 8.42 Å². The number of hydrogen-bond acceptors (Lipinski definition) is 3. The van der Waals surface area contributed by atoms with Gasteiger partial charge < -0.3 is 5.32 Å². The highest BCUT2D eigenvalue weighted by Gasteiger charge is 2.15. The van der Waals surface area contributed by atoms with Crippen molar-refractivity contribution in [3.63, 3.8) is 0 Å². The molecule has 0 fully saturated rings. The maximum atomic E-state index is 12.9. The summed E-state index contributed by atoms with van der Waals surface area (Å²) >= 11 is 0. The Hall–Kier alpha value is -2.92. The van der Waals surface area contributed by atoms with E-state index < -0.39 is 9.84 Å². The third-order valence-electron chi connectivity index (χ3n) is 4.94. The Morgan fingerprint density at radius 2 is 1.48 bits per heavy atom. The third kappa shape index (κ3) is 5.55. The zero-order valence-corrected chi connectivity index (χ0v) is 17.4. The van der Waals surface area contributed by atoms with Gasteiger partial charge in [0.1, 0.15) is 0 Å². The number of carbonyl (C=O) groups excluding carboxylic acids is 1. The van der Waals surface area contributed by atoms with E-state index in [9.17, 15) is 13.2 Å². The monoisotopic (exact) mass is 407 g/mol. The minimum absolute atomic E-state index is 0.131. The molecule has 150 valence electrons. The van der Waals surface area contributed by atoms with E-state index in [1.54, 1.807) is 24.3 Å². The Bertz CT molecular complexity index is 1070. The molecule has 0 saturated heterocycles. The summed E-state index contributed by atoms with van der Waals surface area (Å²) in [7, 11) is -3.23. The molecule has 1 N–H and O–H groups in total. The van der Waals surface area contributed by atoms with E-state index >= 15 is 0 Å². The number of amides is 1. The van der Waals surface area contributed by atoms with Crippen LogP contribution in [0, 0.1) is 0 Å². The molecule has 1 amide bonds. The normalized spacial score (nSPS) is 12.3. The molecule has 0 aliphatic carbocycles. The number of hydrogen-bond donors (Lipinski definition) is 1. The number of nitrogens with one attached hydrogen (secondary N) is 1. The lowest BCUT2D eigenvalue weighted by Crippen LogP contribution is -2.27. The summed E-state index contributed by atoms with van der Waals surface area (Å²) in [6, 6.07) is 24.2. The van der Waals surface area contributed by atoms with Crippen LogP contribution in [-0.2, 0) is 22.7 Å². The number of aryl methyl sites for hydroxylation is 2. The molecule has 0 saturated carbocycles. The maximum Gasteiger partial charge on any atom is 0.252 e. The SMILES string of the molecule is CC(NC(=O)c1ccccc1CCc1ccccc1)c1ccc(S(C)(=O)=O)cc1. The first-order chi connectivity index (χ1) is 13.8. The van der Waals surface area contributed by atoms with E-state index in [1.165, 1.54) is 11.8 Å². The Morgan fingerprint density at radius 1 is 0.862 bits per heavy atom. The quantitative estimate of drug-likeness (QED) is 0.633. The van der Waals surface area contributed by atoms with Crippen molar-refractivity contribution in [1.29, 1.82) is 0 Å². The molecular formula is C24H25NO3S. The van der Waals surface area contributed by atoms with Gasteiger partial charge in [0.05, 0.1) is 10.9 Å². The van der Waals surface area contributed by atoms with Gasteiger partial charge >= 0.3 is 0 Å². The first-order valence-electron chi connectivity index (χ1n) is 9.57. The fourth-order valence-corrected chi connectivity index (χ4v) is 3.88. The average molecular weight is 408 g/mol. The minimum Gasteiger partial charge on any atom is -0.346 e. The molecular weight excluding hydrogens is 382 g/mol. The standard InChI is InChI=1S/C24H25NO3S/c1-18(20-14-16-22(17-15-20)29(2,27)28)25-24(26)23-11-7-6-10-21(23)13-12-19-8-4-3-5-9-19/h3-11,14-18H,12-13H2,1-2H3,(H,25,26). The van der Waals surface area contributed by atoms with Gasteiger partial charge in [0.2, 0.25) is 0 Å². The van der Waals surface area contributed by atoms with Crippen molar-refractivity contribution in [1.82, 2.24) is 5.32 Å². The van der Waals surface area contributed by atoms with Crippen LogP contribution in [0.2, 0.25) is 0 Å². The van der Waals surface area contributed by atoms with E-state index in [4.69, 9.17) is 0 Å². The van der Waals surface area contributed by atoms with Crippen molar-refractivity contribution in [2.45, 2.75) is 30.7 Å². The minimum atomic E-state index is -3.23. The lowest BCUT2D eigenvalue weighted by Gasteiger charge is -2.16. The van der Waals surface area contributed by atoms with Gasteiger partial charge in [0, 0.05) is 11.8 Å². The summed E-state index contributed by atoms with van der Waals surface area (Å²) in [6.45, 7) is 1.89. The maximum absolute atomic E-state index is 12.9. The Labute approximate surface area is 172 Å². The molecule has 5 heteroatoms. The lowest BCUT2D eigenvalue weighted by molar-refractivity contribution is 0.0939. The van der Waals surface area contributed by atoms with Crippen LogP contribution in [0.25, 0.3) is 0 Å². The number of carbonyl (C=O) groups is 1. The molecule has 0 radical (unpaired) electrons. The second-order valence-electron chi connectivity index (χ2n) is 7.18. The molecule has 3 aromatic rings. The van der Waals surface area contributed by atoms with Crippen LogP contribution >= 0.6 is 0 Å². The predicted molar refractivity (Wildman–Crippen MR) is 116 cm³/mol. The molecule has 0 aromatic heterocycles.